The monoisotopic (exact) mass is 196 g/mol. The molecule has 4 atom stereocenters. The fourth-order valence-corrected chi connectivity index (χ4v) is 3.34. The van der Waals surface area contributed by atoms with E-state index in [1.165, 1.54) is 19.3 Å². The lowest BCUT2D eigenvalue weighted by molar-refractivity contribution is -0.123. The van der Waals surface area contributed by atoms with E-state index in [0.717, 1.165) is 12.8 Å². The van der Waals surface area contributed by atoms with Crippen LogP contribution < -0.4 is 0 Å². The van der Waals surface area contributed by atoms with Crippen LogP contribution in [0.5, 0.6) is 0 Å². The van der Waals surface area contributed by atoms with Crippen LogP contribution in [0.3, 0.4) is 0 Å². The first-order valence-corrected chi connectivity index (χ1v) is 5.83. The van der Waals surface area contributed by atoms with Crippen molar-refractivity contribution in [2.75, 3.05) is 7.11 Å². The molecular weight excluding hydrogens is 176 g/mol. The van der Waals surface area contributed by atoms with Gasteiger partial charge in [0.25, 0.3) is 0 Å². The Morgan fingerprint density at radius 1 is 1.50 bits per heavy atom. The average molecular weight is 196 g/mol. The van der Waals surface area contributed by atoms with Crippen molar-refractivity contribution in [3.63, 3.8) is 0 Å². The number of rotatable bonds is 4. The van der Waals surface area contributed by atoms with Gasteiger partial charge < -0.3 is 4.74 Å². The van der Waals surface area contributed by atoms with Crippen molar-refractivity contribution in [2.24, 2.45) is 17.8 Å². The number of ketones is 1. The Kier molecular flexibility index (Phi) is 2.91. The highest BCUT2D eigenvalue weighted by molar-refractivity contribution is 5.85. The van der Waals surface area contributed by atoms with Gasteiger partial charge in [-0.15, -0.1) is 0 Å². The molecule has 2 fully saturated rings. The quantitative estimate of drug-likeness (QED) is 0.690. The predicted octanol–water partition coefficient (Wildman–Crippen LogP) is 2.42. The Labute approximate surface area is 86.0 Å². The Hall–Kier alpha value is -0.370. The fourth-order valence-electron chi connectivity index (χ4n) is 3.34. The molecule has 4 unspecified atom stereocenters. The van der Waals surface area contributed by atoms with E-state index in [2.05, 4.69) is 6.92 Å². The van der Waals surface area contributed by atoms with Crippen molar-refractivity contribution in [2.45, 2.75) is 45.1 Å². The summed E-state index contributed by atoms with van der Waals surface area (Å²) in [5, 5.41) is 0. The zero-order valence-electron chi connectivity index (χ0n) is 9.16. The molecule has 0 radical (unpaired) electrons. The maximum atomic E-state index is 11.6. The molecule has 0 aromatic rings. The second-order valence-electron chi connectivity index (χ2n) is 4.76. The second-order valence-corrected chi connectivity index (χ2v) is 4.76. The Morgan fingerprint density at radius 3 is 2.93 bits per heavy atom. The summed E-state index contributed by atoms with van der Waals surface area (Å²) in [4.78, 5) is 11.6. The molecule has 2 heteroatoms. The third kappa shape index (κ3) is 1.50. The first-order chi connectivity index (χ1) is 6.77. The molecule has 2 aliphatic rings. The first-order valence-electron chi connectivity index (χ1n) is 5.83. The van der Waals surface area contributed by atoms with Gasteiger partial charge in [-0.25, -0.2) is 0 Å². The minimum atomic E-state index is 0.344. The number of hydrogen-bond acceptors (Lipinski definition) is 2. The number of unbranched alkanes of at least 4 members (excludes halogenated alkanes) is 1. The largest absolute Gasteiger partial charge is 0.381 e. The average Bonchev–Trinajstić information content (AvgIpc) is 2.67. The molecule has 0 aromatic carbocycles. The summed E-state index contributed by atoms with van der Waals surface area (Å²) in [6, 6.07) is 0. The molecule has 0 spiro atoms. The molecule has 2 aliphatic carbocycles. The van der Waals surface area contributed by atoms with E-state index in [1.807, 2.05) is 0 Å². The third-order valence-electron chi connectivity index (χ3n) is 4.07. The number of hydrogen-bond donors (Lipinski definition) is 0. The molecule has 0 heterocycles. The Morgan fingerprint density at radius 2 is 2.29 bits per heavy atom. The highest BCUT2D eigenvalue weighted by atomic mass is 16.5. The lowest BCUT2D eigenvalue weighted by Crippen LogP contribution is -2.23. The summed E-state index contributed by atoms with van der Waals surface area (Å²) >= 11 is 0. The van der Waals surface area contributed by atoms with E-state index in [0.29, 0.717) is 29.6 Å². The van der Waals surface area contributed by atoms with Crippen molar-refractivity contribution in [3.05, 3.63) is 0 Å². The molecule has 2 bridgehead atoms. The maximum Gasteiger partial charge on any atom is 0.136 e. The first kappa shape index (κ1) is 10.2. The van der Waals surface area contributed by atoms with Gasteiger partial charge >= 0.3 is 0 Å². The highest BCUT2D eigenvalue weighted by Crippen LogP contribution is 2.50. The molecule has 0 saturated heterocycles. The molecular formula is C12H20O2. The van der Waals surface area contributed by atoms with Gasteiger partial charge in [0, 0.05) is 19.4 Å². The summed E-state index contributed by atoms with van der Waals surface area (Å²) in [6.45, 7) is 2.21. The van der Waals surface area contributed by atoms with Crippen molar-refractivity contribution >= 4 is 5.78 Å². The van der Waals surface area contributed by atoms with Crippen LogP contribution in [-0.2, 0) is 9.53 Å². The normalized spacial score (nSPS) is 40.9. The lowest BCUT2D eigenvalue weighted by Gasteiger charge is -2.19. The number of carbonyl (C=O) groups excluding carboxylic acids is 1. The summed E-state index contributed by atoms with van der Waals surface area (Å²) in [5.74, 6) is 2.04. The van der Waals surface area contributed by atoms with Crippen LogP contribution in [0, 0.1) is 17.8 Å². The summed E-state index contributed by atoms with van der Waals surface area (Å²) in [6.07, 6.45) is 5.89. The Balaban J connectivity index is 2.00. The standard InChI is InChI=1S/C12H20O2/c1-3-4-5-8-9-7-12(14-2)10(8)6-11(9)13/h8-10,12H,3-7H2,1-2H3. The minimum absolute atomic E-state index is 0.344. The van der Waals surface area contributed by atoms with Gasteiger partial charge in [0.05, 0.1) is 6.10 Å². The zero-order valence-corrected chi connectivity index (χ0v) is 9.16. The zero-order chi connectivity index (χ0) is 10.1. The number of ether oxygens (including phenoxy) is 1. The number of carbonyl (C=O) groups is 1. The van der Waals surface area contributed by atoms with E-state index >= 15 is 0 Å². The van der Waals surface area contributed by atoms with Crippen molar-refractivity contribution in [1.29, 1.82) is 0 Å². The third-order valence-corrected chi connectivity index (χ3v) is 4.07. The molecule has 0 aromatic heterocycles. The lowest BCUT2D eigenvalue weighted by atomic mass is 9.91. The van der Waals surface area contributed by atoms with E-state index in [1.54, 1.807) is 7.11 Å². The molecule has 2 rings (SSSR count). The Bertz CT molecular complexity index is 224. The minimum Gasteiger partial charge on any atom is -0.381 e. The van der Waals surface area contributed by atoms with Gasteiger partial charge in [0.2, 0.25) is 0 Å². The molecule has 2 nitrogen and oxygen atoms in total. The molecule has 80 valence electrons. The number of Topliss-reactive ketones (excluding diaryl/α,β-unsaturated/α-hetero) is 1. The second kappa shape index (κ2) is 4.01. The molecule has 0 N–H and O–H groups in total. The molecule has 0 aliphatic heterocycles. The van der Waals surface area contributed by atoms with Crippen LogP contribution in [-0.4, -0.2) is 19.0 Å². The van der Waals surface area contributed by atoms with Crippen molar-refractivity contribution in [1.82, 2.24) is 0 Å². The van der Waals surface area contributed by atoms with E-state index in [9.17, 15) is 4.79 Å². The van der Waals surface area contributed by atoms with E-state index in [4.69, 9.17) is 4.74 Å². The van der Waals surface area contributed by atoms with Crippen molar-refractivity contribution < 1.29 is 9.53 Å². The van der Waals surface area contributed by atoms with Gasteiger partial charge in [0.15, 0.2) is 0 Å². The fraction of sp³-hybridized carbons (Fsp3) is 0.917. The van der Waals surface area contributed by atoms with Gasteiger partial charge in [0.1, 0.15) is 5.78 Å². The van der Waals surface area contributed by atoms with Crippen LogP contribution >= 0.6 is 0 Å². The predicted molar refractivity (Wildman–Crippen MR) is 55.0 cm³/mol. The molecule has 14 heavy (non-hydrogen) atoms. The maximum absolute atomic E-state index is 11.6. The summed E-state index contributed by atoms with van der Waals surface area (Å²) in [7, 11) is 1.78. The van der Waals surface area contributed by atoms with E-state index < -0.39 is 0 Å². The topological polar surface area (TPSA) is 26.3 Å². The number of methoxy groups -OCH3 is 1. The van der Waals surface area contributed by atoms with Gasteiger partial charge in [-0.05, 0) is 24.7 Å². The summed E-state index contributed by atoms with van der Waals surface area (Å²) in [5.41, 5.74) is 0. The van der Waals surface area contributed by atoms with Crippen LogP contribution in [0.4, 0.5) is 0 Å². The van der Waals surface area contributed by atoms with Gasteiger partial charge in [-0.3, -0.25) is 4.79 Å². The van der Waals surface area contributed by atoms with Crippen LogP contribution in [0.1, 0.15) is 39.0 Å². The SMILES string of the molecule is CCCCC1C2CC(OC)C1CC2=O. The number of fused-ring (bicyclic) bond motifs is 2. The molecule has 0 amide bonds. The van der Waals surface area contributed by atoms with E-state index in [-0.39, 0.29) is 0 Å². The van der Waals surface area contributed by atoms with Crippen molar-refractivity contribution in [3.8, 4) is 0 Å². The van der Waals surface area contributed by atoms with Crippen LogP contribution in [0.15, 0.2) is 0 Å². The van der Waals surface area contributed by atoms with Gasteiger partial charge in [-0.2, -0.15) is 0 Å². The highest BCUT2D eigenvalue weighted by Gasteiger charge is 2.52. The smallest absolute Gasteiger partial charge is 0.136 e. The van der Waals surface area contributed by atoms with Crippen LogP contribution in [0.25, 0.3) is 0 Å². The van der Waals surface area contributed by atoms with Crippen LogP contribution in [0.2, 0.25) is 0 Å². The van der Waals surface area contributed by atoms with Gasteiger partial charge in [-0.1, -0.05) is 19.8 Å². The molecule has 2 saturated carbocycles. The summed E-state index contributed by atoms with van der Waals surface area (Å²) < 4.78 is 5.45.